The van der Waals surface area contributed by atoms with E-state index in [0.29, 0.717) is 18.1 Å². The highest BCUT2D eigenvalue weighted by molar-refractivity contribution is 5.99. The number of carbonyl (C=O) groups excluding carboxylic acids is 1. The predicted octanol–water partition coefficient (Wildman–Crippen LogP) is 3.03. The number of nitrogen functional groups attached to an aromatic ring is 1. The third-order valence-corrected chi connectivity index (χ3v) is 4.82. The fourth-order valence-electron chi connectivity index (χ4n) is 3.23. The van der Waals surface area contributed by atoms with E-state index in [1.807, 2.05) is 43.3 Å². The molecule has 2 atom stereocenters. The summed E-state index contributed by atoms with van der Waals surface area (Å²) < 4.78 is 0. The van der Waals surface area contributed by atoms with Crippen LogP contribution in [0.5, 0.6) is 0 Å². The van der Waals surface area contributed by atoms with E-state index in [1.54, 1.807) is 18.3 Å². The summed E-state index contributed by atoms with van der Waals surface area (Å²) in [5, 5.41) is 18.4. The van der Waals surface area contributed by atoms with Gasteiger partial charge in [0.15, 0.2) is 6.10 Å². The Morgan fingerprint density at radius 3 is 2.57 bits per heavy atom. The minimum atomic E-state index is -1.24. The molecule has 1 heterocycles. The van der Waals surface area contributed by atoms with Crippen LogP contribution in [0.1, 0.15) is 31.0 Å². The molecule has 0 saturated heterocycles. The Bertz CT molecular complexity index is 956. The van der Waals surface area contributed by atoms with Gasteiger partial charge in [0.2, 0.25) is 0 Å². The second kappa shape index (κ2) is 8.82. The van der Waals surface area contributed by atoms with Gasteiger partial charge in [-0.15, -0.1) is 0 Å². The molecule has 0 fully saturated rings. The molecule has 0 radical (unpaired) electrons. The van der Waals surface area contributed by atoms with E-state index in [4.69, 9.17) is 5.73 Å². The standard InChI is InChI=1S/C22H26N4O2/c1-3-14-5-7-16(8-6-14)19(24-4-2)20(27)22(28)26-17-10-9-15-11-12-25-21(23)18(15)13-17/h5-13,19-20,24,27H,3-4H2,1-2H3,(H2,23,25)(H,26,28). The maximum absolute atomic E-state index is 12.7. The number of benzene rings is 2. The van der Waals surface area contributed by atoms with Crippen LogP contribution in [0.3, 0.4) is 0 Å². The molecular formula is C22H26N4O2. The summed E-state index contributed by atoms with van der Waals surface area (Å²) in [4.78, 5) is 16.8. The summed E-state index contributed by atoms with van der Waals surface area (Å²) in [6.45, 7) is 4.66. The summed E-state index contributed by atoms with van der Waals surface area (Å²) >= 11 is 0. The molecule has 0 saturated carbocycles. The molecule has 2 aromatic carbocycles. The third kappa shape index (κ3) is 4.30. The Hall–Kier alpha value is -2.96. The number of hydrogen-bond acceptors (Lipinski definition) is 5. The van der Waals surface area contributed by atoms with E-state index in [0.717, 1.165) is 22.8 Å². The van der Waals surface area contributed by atoms with Gasteiger partial charge in [-0.3, -0.25) is 4.79 Å². The second-order valence-electron chi connectivity index (χ2n) is 6.70. The van der Waals surface area contributed by atoms with E-state index in [2.05, 4.69) is 22.5 Å². The molecule has 2 unspecified atom stereocenters. The molecule has 28 heavy (non-hydrogen) atoms. The van der Waals surface area contributed by atoms with Crippen LogP contribution in [0.25, 0.3) is 10.8 Å². The number of carbonyl (C=O) groups is 1. The highest BCUT2D eigenvalue weighted by Gasteiger charge is 2.27. The van der Waals surface area contributed by atoms with E-state index in [-0.39, 0.29) is 0 Å². The molecule has 146 valence electrons. The molecule has 3 aromatic rings. The van der Waals surface area contributed by atoms with Crippen LogP contribution in [0.15, 0.2) is 54.7 Å². The Kier molecular flexibility index (Phi) is 6.23. The monoisotopic (exact) mass is 378 g/mol. The summed E-state index contributed by atoms with van der Waals surface area (Å²) in [6, 6.07) is 14.7. The van der Waals surface area contributed by atoms with Gasteiger partial charge in [-0.25, -0.2) is 4.98 Å². The summed E-state index contributed by atoms with van der Waals surface area (Å²) in [5.74, 6) is -0.0805. The van der Waals surface area contributed by atoms with Crippen LogP contribution in [0.4, 0.5) is 11.5 Å². The van der Waals surface area contributed by atoms with Crippen LogP contribution < -0.4 is 16.4 Å². The maximum Gasteiger partial charge on any atom is 0.255 e. The summed E-state index contributed by atoms with van der Waals surface area (Å²) in [6.07, 6.45) is 1.34. The van der Waals surface area contributed by atoms with Gasteiger partial charge >= 0.3 is 0 Å². The number of hydrogen-bond donors (Lipinski definition) is 4. The number of fused-ring (bicyclic) bond motifs is 1. The SMILES string of the molecule is CCNC(c1ccc(CC)cc1)C(O)C(=O)Nc1ccc2ccnc(N)c2c1. The predicted molar refractivity (Wildman–Crippen MR) is 113 cm³/mol. The Morgan fingerprint density at radius 1 is 1.14 bits per heavy atom. The number of aromatic nitrogens is 1. The molecule has 5 N–H and O–H groups in total. The lowest BCUT2D eigenvalue weighted by molar-refractivity contribution is -0.125. The number of nitrogens with zero attached hydrogens (tertiary/aromatic N) is 1. The molecule has 3 rings (SSSR count). The summed E-state index contributed by atoms with van der Waals surface area (Å²) in [7, 11) is 0. The van der Waals surface area contributed by atoms with Gasteiger partial charge in [0.1, 0.15) is 5.82 Å². The zero-order valence-electron chi connectivity index (χ0n) is 16.1. The van der Waals surface area contributed by atoms with Gasteiger partial charge in [0.05, 0.1) is 6.04 Å². The van der Waals surface area contributed by atoms with Gasteiger partial charge in [0, 0.05) is 17.3 Å². The number of aliphatic hydroxyl groups is 1. The molecule has 0 spiro atoms. The van der Waals surface area contributed by atoms with E-state index < -0.39 is 18.1 Å². The quantitative estimate of drug-likeness (QED) is 0.506. The van der Waals surface area contributed by atoms with Crippen molar-refractivity contribution >= 4 is 28.2 Å². The lowest BCUT2D eigenvalue weighted by atomic mass is 9.98. The lowest BCUT2D eigenvalue weighted by Crippen LogP contribution is -2.40. The van der Waals surface area contributed by atoms with Crippen LogP contribution in [-0.2, 0) is 11.2 Å². The molecule has 1 amide bonds. The minimum Gasteiger partial charge on any atom is -0.383 e. The van der Waals surface area contributed by atoms with Crippen molar-refractivity contribution in [2.24, 2.45) is 0 Å². The molecule has 1 aromatic heterocycles. The Labute approximate surface area is 164 Å². The fourth-order valence-corrected chi connectivity index (χ4v) is 3.23. The number of amides is 1. The fraction of sp³-hybridized carbons (Fsp3) is 0.273. The molecular weight excluding hydrogens is 352 g/mol. The largest absolute Gasteiger partial charge is 0.383 e. The van der Waals surface area contributed by atoms with Gasteiger partial charge in [-0.2, -0.15) is 0 Å². The van der Waals surface area contributed by atoms with Crippen molar-refractivity contribution in [2.75, 3.05) is 17.6 Å². The van der Waals surface area contributed by atoms with Crippen LogP contribution in [0, 0.1) is 0 Å². The molecule has 6 heteroatoms. The van der Waals surface area contributed by atoms with E-state index in [1.165, 1.54) is 5.56 Å². The number of nitrogens with two attached hydrogens (primary N) is 1. The zero-order valence-corrected chi connectivity index (χ0v) is 16.1. The summed E-state index contributed by atoms with van der Waals surface area (Å²) in [5.41, 5.74) is 8.56. The molecule has 0 aliphatic carbocycles. The van der Waals surface area contributed by atoms with Crippen LogP contribution >= 0.6 is 0 Å². The molecule has 0 bridgehead atoms. The van der Waals surface area contributed by atoms with E-state index in [9.17, 15) is 9.90 Å². The van der Waals surface area contributed by atoms with Gasteiger partial charge in [-0.05, 0) is 47.7 Å². The first kappa shape index (κ1) is 19.8. The first-order valence-electron chi connectivity index (χ1n) is 9.48. The van der Waals surface area contributed by atoms with Crippen LogP contribution in [0.2, 0.25) is 0 Å². The maximum atomic E-state index is 12.7. The van der Waals surface area contributed by atoms with Crippen molar-refractivity contribution in [3.05, 3.63) is 65.9 Å². The first-order chi connectivity index (χ1) is 13.5. The molecule has 6 nitrogen and oxygen atoms in total. The van der Waals surface area contributed by atoms with Gasteiger partial charge < -0.3 is 21.5 Å². The number of rotatable bonds is 7. The molecule has 0 aliphatic heterocycles. The van der Waals surface area contributed by atoms with Crippen molar-refractivity contribution in [1.82, 2.24) is 10.3 Å². The van der Waals surface area contributed by atoms with Crippen LogP contribution in [-0.4, -0.2) is 28.6 Å². The number of pyridine rings is 1. The normalized spacial score (nSPS) is 13.2. The average Bonchev–Trinajstić information content (AvgIpc) is 2.72. The van der Waals surface area contributed by atoms with Crippen molar-refractivity contribution < 1.29 is 9.90 Å². The van der Waals surface area contributed by atoms with Crippen molar-refractivity contribution in [2.45, 2.75) is 32.4 Å². The van der Waals surface area contributed by atoms with Crippen molar-refractivity contribution in [3.8, 4) is 0 Å². The van der Waals surface area contributed by atoms with Gasteiger partial charge in [0.25, 0.3) is 5.91 Å². The number of likely N-dealkylation sites (N-methyl/N-ethyl adjacent to an activating group) is 1. The lowest BCUT2D eigenvalue weighted by Gasteiger charge is -2.24. The number of nitrogens with one attached hydrogen (secondary N) is 2. The Morgan fingerprint density at radius 2 is 1.89 bits per heavy atom. The zero-order chi connectivity index (χ0) is 20.1. The highest BCUT2D eigenvalue weighted by atomic mass is 16.3. The smallest absolute Gasteiger partial charge is 0.255 e. The number of anilines is 2. The topological polar surface area (TPSA) is 100 Å². The average molecular weight is 378 g/mol. The number of aliphatic hydroxyl groups excluding tert-OH is 1. The van der Waals surface area contributed by atoms with E-state index >= 15 is 0 Å². The minimum absolute atomic E-state index is 0.399. The number of aryl methyl sites for hydroxylation is 1. The Balaban J connectivity index is 1.80. The van der Waals surface area contributed by atoms with Crippen molar-refractivity contribution in [3.63, 3.8) is 0 Å². The highest BCUT2D eigenvalue weighted by Crippen LogP contribution is 2.24. The van der Waals surface area contributed by atoms with Crippen molar-refractivity contribution in [1.29, 1.82) is 0 Å². The first-order valence-corrected chi connectivity index (χ1v) is 9.48. The van der Waals surface area contributed by atoms with Gasteiger partial charge in [-0.1, -0.05) is 44.2 Å². The third-order valence-electron chi connectivity index (χ3n) is 4.82. The second-order valence-corrected chi connectivity index (χ2v) is 6.70. The molecule has 0 aliphatic rings.